The maximum atomic E-state index is 12.3. The molecule has 0 aliphatic heterocycles. The van der Waals surface area contributed by atoms with Gasteiger partial charge >= 0.3 is 6.36 Å². The number of amides is 1. The summed E-state index contributed by atoms with van der Waals surface area (Å²) in [6.45, 7) is 12.2. The number of alkyl halides is 3. The molecule has 0 saturated heterocycles. The van der Waals surface area contributed by atoms with Crippen LogP contribution in [0.25, 0.3) is 0 Å². The first-order valence-electron chi connectivity index (χ1n) is 11.4. The van der Waals surface area contributed by atoms with E-state index < -0.39 is 6.36 Å². The van der Waals surface area contributed by atoms with E-state index in [1.54, 1.807) is 13.8 Å². The van der Waals surface area contributed by atoms with Crippen LogP contribution in [-0.2, 0) is 4.79 Å². The molecule has 0 atom stereocenters. The Kier molecular flexibility index (Phi) is 9.14. The van der Waals surface area contributed by atoms with Crippen molar-refractivity contribution < 1.29 is 22.7 Å². The Balaban J connectivity index is 1.98. The smallest absolute Gasteiger partial charge is 0.406 e. The zero-order valence-corrected chi connectivity index (χ0v) is 20.8. The second-order valence-electron chi connectivity index (χ2n) is 9.44. The summed E-state index contributed by atoms with van der Waals surface area (Å²) >= 11 is 0. The molecule has 0 fully saturated rings. The van der Waals surface area contributed by atoms with Gasteiger partial charge in [0, 0.05) is 11.8 Å². The zero-order chi connectivity index (χ0) is 25.5. The van der Waals surface area contributed by atoms with Crippen LogP contribution in [-0.4, -0.2) is 12.3 Å². The SMILES string of the molecule is CC1=C(/C=C/C(C)=C/C=C/C(C)=C/C(=O)Nc2ccc(OC(F)(F)F)cc2C)C(C)(C)CCC1. The number of rotatable bonds is 7. The number of carbonyl (C=O) groups is 1. The van der Waals surface area contributed by atoms with Gasteiger partial charge in [0.15, 0.2) is 0 Å². The molecule has 0 radical (unpaired) electrons. The number of benzene rings is 1. The summed E-state index contributed by atoms with van der Waals surface area (Å²) in [6, 6.07) is 3.78. The molecule has 1 amide bonds. The zero-order valence-electron chi connectivity index (χ0n) is 20.8. The Hall–Kier alpha value is -3.02. The quantitative estimate of drug-likeness (QED) is 0.319. The van der Waals surface area contributed by atoms with E-state index in [1.165, 1.54) is 48.3 Å². The molecule has 1 aromatic rings. The molecule has 0 spiro atoms. The third kappa shape index (κ3) is 8.73. The molecule has 1 aliphatic carbocycles. The van der Waals surface area contributed by atoms with Crippen molar-refractivity contribution in [1.82, 2.24) is 0 Å². The fourth-order valence-electron chi connectivity index (χ4n) is 4.03. The lowest BCUT2D eigenvalue weighted by atomic mass is 9.72. The van der Waals surface area contributed by atoms with Crippen LogP contribution in [0.2, 0.25) is 0 Å². The maximum absolute atomic E-state index is 12.3. The van der Waals surface area contributed by atoms with Gasteiger partial charge in [0.25, 0.3) is 0 Å². The second kappa shape index (κ2) is 11.4. The molecular formula is C28H34F3NO2. The minimum atomic E-state index is -4.76. The molecule has 34 heavy (non-hydrogen) atoms. The van der Waals surface area contributed by atoms with Crippen LogP contribution in [0.15, 0.2) is 76.9 Å². The first-order valence-corrected chi connectivity index (χ1v) is 11.4. The molecule has 0 bridgehead atoms. The van der Waals surface area contributed by atoms with Crippen molar-refractivity contribution in [2.45, 2.75) is 67.2 Å². The summed E-state index contributed by atoms with van der Waals surface area (Å²) in [7, 11) is 0. The minimum Gasteiger partial charge on any atom is -0.406 e. The first-order chi connectivity index (χ1) is 15.8. The summed E-state index contributed by atoms with van der Waals surface area (Å²) in [4.78, 5) is 12.3. The Morgan fingerprint density at radius 2 is 1.82 bits per heavy atom. The molecule has 0 heterocycles. The third-order valence-corrected chi connectivity index (χ3v) is 5.82. The van der Waals surface area contributed by atoms with Crippen molar-refractivity contribution >= 4 is 11.6 Å². The molecule has 0 unspecified atom stereocenters. The fraction of sp³-hybridized carbons (Fsp3) is 0.393. The van der Waals surface area contributed by atoms with E-state index in [0.29, 0.717) is 11.3 Å². The van der Waals surface area contributed by atoms with Crippen molar-refractivity contribution in [3.8, 4) is 5.75 Å². The lowest BCUT2D eigenvalue weighted by molar-refractivity contribution is -0.274. The van der Waals surface area contributed by atoms with Gasteiger partial charge in [-0.2, -0.15) is 0 Å². The Labute approximate surface area is 200 Å². The average Bonchev–Trinajstić information content (AvgIpc) is 2.68. The predicted octanol–water partition coefficient (Wildman–Crippen LogP) is 8.36. The van der Waals surface area contributed by atoms with Gasteiger partial charge in [0.05, 0.1) is 0 Å². The molecule has 6 heteroatoms. The minimum absolute atomic E-state index is 0.200. The van der Waals surface area contributed by atoms with E-state index in [4.69, 9.17) is 0 Å². The van der Waals surface area contributed by atoms with E-state index in [2.05, 4.69) is 43.0 Å². The number of halogens is 3. The summed E-state index contributed by atoms with van der Waals surface area (Å²) in [6.07, 6.45) is 10.3. The first kappa shape index (κ1) is 27.2. The largest absolute Gasteiger partial charge is 0.573 e. The highest BCUT2D eigenvalue weighted by molar-refractivity contribution is 6.00. The van der Waals surface area contributed by atoms with Gasteiger partial charge in [0.1, 0.15) is 5.75 Å². The third-order valence-electron chi connectivity index (χ3n) is 5.82. The van der Waals surface area contributed by atoms with Crippen molar-refractivity contribution in [1.29, 1.82) is 0 Å². The highest BCUT2D eigenvalue weighted by Gasteiger charge is 2.31. The van der Waals surface area contributed by atoms with Gasteiger partial charge in [-0.25, -0.2) is 0 Å². The summed E-state index contributed by atoms with van der Waals surface area (Å²) < 4.78 is 40.9. The maximum Gasteiger partial charge on any atom is 0.573 e. The number of aryl methyl sites for hydroxylation is 1. The standard InChI is InChI=1S/C28H34F3NO2/c1-19(12-14-24-21(3)11-8-16-27(24,5)6)9-7-10-20(2)17-26(33)32-25-15-13-23(18-22(25)4)34-28(29,30)31/h7,9-10,12-15,17-18H,8,11,16H2,1-6H3,(H,32,33)/b10-7+,14-12+,19-9+,20-17+. The molecule has 1 aliphatic rings. The molecule has 2 rings (SSSR count). The van der Waals surface area contributed by atoms with Gasteiger partial charge in [-0.15, -0.1) is 13.2 Å². The lowest BCUT2D eigenvalue weighted by Crippen LogP contribution is -2.19. The van der Waals surface area contributed by atoms with Gasteiger partial charge in [-0.05, 0) is 87.3 Å². The van der Waals surface area contributed by atoms with Crippen molar-refractivity contribution in [3.63, 3.8) is 0 Å². The highest BCUT2D eigenvalue weighted by Crippen LogP contribution is 2.40. The van der Waals surface area contributed by atoms with Gasteiger partial charge in [-0.1, -0.05) is 55.4 Å². The van der Waals surface area contributed by atoms with Crippen LogP contribution in [0.4, 0.5) is 18.9 Å². The van der Waals surface area contributed by atoms with Crippen molar-refractivity contribution in [2.75, 3.05) is 5.32 Å². The summed E-state index contributed by atoms with van der Waals surface area (Å²) in [5.41, 5.74) is 5.80. The number of ether oxygens (including phenoxy) is 1. The van der Waals surface area contributed by atoms with E-state index in [1.807, 2.05) is 25.2 Å². The molecule has 0 aromatic heterocycles. The number of hydrogen-bond donors (Lipinski definition) is 1. The average molecular weight is 474 g/mol. The number of hydrogen-bond acceptors (Lipinski definition) is 2. The normalized spacial score (nSPS) is 17.6. The van der Waals surface area contributed by atoms with E-state index in [0.717, 1.165) is 17.6 Å². The van der Waals surface area contributed by atoms with E-state index >= 15 is 0 Å². The Bertz CT molecular complexity index is 1050. The fourth-order valence-corrected chi connectivity index (χ4v) is 4.03. The number of anilines is 1. The number of allylic oxidation sites excluding steroid dienone is 9. The predicted molar refractivity (Wildman–Crippen MR) is 133 cm³/mol. The van der Waals surface area contributed by atoms with Gasteiger partial charge in [-0.3, -0.25) is 4.79 Å². The summed E-state index contributed by atoms with van der Waals surface area (Å²) in [5.74, 6) is -0.690. The molecule has 1 aromatic carbocycles. The Morgan fingerprint density at radius 1 is 1.12 bits per heavy atom. The molecule has 3 nitrogen and oxygen atoms in total. The van der Waals surface area contributed by atoms with Crippen molar-refractivity contribution in [3.05, 3.63) is 82.5 Å². The molecular weight excluding hydrogens is 439 g/mol. The van der Waals surface area contributed by atoms with Crippen LogP contribution in [0.3, 0.4) is 0 Å². The molecule has 0 saturated carbocycles. The van der Waals surface area contributed by atoms with Gasteiger partial charge < -0.3 is 10.1 Å². The molecule has 184 valence electrons. The van der Waals surface area contributed by atoms with Gasteiger partial charge in [0.2, 0.25) is 5.91 Å². The van der Waals surface area contributed by atoms with Crippen LogP contribution < -0.4 is 10.1 Å². The van der Waals surface area contributed by atoms with Crippen LogP contribution in [0.1, 0.15) is 59.4 Å². The van der Waals surface area contributed by atoms with E-state index in [9.17, 15) is 18.0 Å². The van der Waals surface area contributed by atoms with E-state index in [-0.39, 0.29) is 17.1 Å². The summed E-state index contributed by atoms with van der Waals surface area (Å²) in [5, 5.41) is 2.68. The monoisotopic (exact) mass is 473 g/mol. The van der Waals surface area contributed by atoms with Crippen LogP contribution in [0.5, 0.6) is 5.75 Å². The Morgan fingerprint density at radius 3 is 2.44 bits per heavy atom. The van der Waals surface area contributed by atoms with Crippen molar-refractivity contribution in [2.24, 2.45) is 5.41 Å². The topological polar surface area (TPSA) is 38.3 Å². The number of carbonyl (C=O) groups excluding carboxylic acids is 1. The highest BCUT2D eigenvalue weighted by atomic mass is 19.4. The second-order valence-corrected chi connectivity index (χ2v) is 9.44. The van der Waals surface area contributed by atoms with Crippen LogP contribution in [0, 0.1) is 12.3 Å². The number of nitrogens with one attached hydrogen (secondary N) is 1. The van der Waals surface area contributed by atoms with Crippen LogP contribution >= 0.6 is 0 Å². The lowest BCUT2D eigenvalue weighted by Gasteiger charge is -2.32. The molecule has 1 N–H and O–H groups in total.